The van der Waals surface area contributed by atoms with E-state index in [1.807, 2.05) is 30.5 Å². The first-order valence-electron chi connectivity index (χ1n) is 8.69. The summed E-state index contributed by atoms with van der Waals surface area (Å²) in [4.78, 5) is 16.4. The molecule has 0 saturated heterocycles. The van der Waals surface area contributed by atoms with Crippen LogP contribution < -0.4 is 16.4 Å². The van der Waals surface area contributed by atoms with E-state index in [-0.39, 0.29) is 24.9 Å². The predicted octanol–water partition coefficient (Wildman–Crippen LogP) is 3.50. The molecule has 0 aliphatic carbocycles. The first-order valence-corrected chi connectivity index (χ1v) is 8.69. The Morgan fingerprint density at radius 3 is 2.48 bits per heavy atom. The van der Waals surface area contributed by atoms with Crippen molar-refractivity contribution >= 4 is 35.3 Å². The lowest BCUT2D eigenvalue weighted by Crippen LogP contribution is -2.22. The lowest BCUT2D eigenvalue weighted by molar-refractivity contribution is -0.114. The van der Waals surface area contributed by atoms with Gasteiger partial charge in [0.2, 0.25) is 5.91 Å². The number of anilines is 2. The van der Waals surface area contributed by atoms with Crippen LogP contribution >= 0.6 is 12.4 Å². The number of hydrogen-bond acceptors (Lipinski definition) is 4. The topological polar surface area (TPSA) is 84.4 Å². The number of amides is 1. The molecule has 0 atom stereocenters. The van der Waals surface area contributed by atoms with Crippen molar-refractivity contribution in [3.63, 3.8) is 0 Å². The van der Waals surface area contributed by atoms with E-state index >= 15 is 0 Å². The monoisotopic (exact) mass is 387 g/mol. The van der Waals surface area contributed by atoms with Crippen LogP contribution in [0.5, 0.6) is 0 Å². The van der Waals surface area contributed by atoms with Crippen LogP contribution in [0, 0.1) is 27.7 Å². The molecule has 2 heterocycles. The lowest BCUT2D eigenvalue weighted by atomic mass is 10.0. The molecular weight excluding hydrogens is 362 g/mol. The van der Waals surface area contributed by atoms with Gasteiger partial charge >= 0.3 is 0 Å². The highest BCUT2D eigenvalue weighted by molar-refractivity contribution is 5.93. The number of rotatable bonds is 5. The smallest absolute Gasteiger partial charge is 0.238 e. The molecule has 1 aromatic carbocycles. The number of imidazole rings is 1. The van der Waals surface area contributed by atoms with Gasteiger partial charge in [-0.15, -0.1) is 12.4 Å². The summed E-state index contributed by atoms with van der Waals surface area (Å²) in [6.07, 6.45) is 1.88. The number of fused-ring (bicyclic) bond motifs is 1. The van der Waals surface area contributed by atoms with Crippen LogP contribution in [-0.4, -0.2) is 21.8 Å². The van der Waals surface area contributed by atoms with Crippen molar-refractivity contribution in [2.45, 2.75) is 34.2 Å². The van der Waals surface area contributed by atoms with Gasteiger partial charge in [0.15, 0.2) is 5.65 Å². The van der Waals surface area contributed by atoms with E-state index < -0.39 is 0 Å². The summed E-state index contributed by atoms with van der Waals surface area (Å²) < 4.78 is 1.99. The predicted molar refractivity (Wildman–Crippen MR) is 113 cm³/mol. The quantitative estimate of drug-likeness (QED) is 0.625. The fourth-order valence-corrected chi connectivity index (χ4v) is 3.09. The summed E-state index contributed by atoms with van der Waals surface area (Å²) in [5.74, 6) is -0.223. The Bertz CT molecular complexity index is 960. The van der Waals surface area contributed by atoms with Gasteiger partial charge in [-0.25, -0.2) is 4.98 Å². The third kappa shape index (κ3) is 4.23. The summed E-state index contributed by atoms with van der Waals surface area (Å²) >= 11 is 0. The van der Waals surface area contributed by atoms with Crippen LogP contribution in [0.1, 0.15) is 28.1 Å². The van der Waals surface area contributed by atoms with Gasteiger partial charge in [0.05, 0.1) is 23.6 Å². The first kappa shape index (κ1) is 20.7. The molecule has 0 aliphatic rings. The van der Waals surface area contributed by atoms with Crippen LogP contribution in [0.3, 0.4) is 0 Å². The second-order valence-corrected chi connectivity index (χ2v) is 6.59. The number of nitrogens with zero attached hydrogens (tertiary/aromatic N) is 2. The zero-order valence-corrected chi connectivity index (χ0v) is 16.9. The number of aryl methyl sites for hydroxylation is 4. The minimum atomic E-state index is -0.223. The van der Waals surface area contributed by atoms with Crippen LogP contribution in [0.4, 0.5) is 11.4 Å². The maximum absolute atomic E-state index is 11.7. The Balaban J connectivity index is 0.00000261. The Labute approximate surface area is 165 Å². The molecular formula is C20H26ClN5O. The number of carbonyl (C=O) groups is 1. The van der Waals surface area contributed by atoms with Crippen molar-refractivity contribution in [2.75, 3.05) is 17.2 Å². The van der Waals surface area contributed by atoms with Crippen LogP contribution in [-0.2, 0) is 11.3 Å². The first-order chi connectivity index (χ1) is 12.4. The highest BCUT2D eigenvalue weighted by Crippen LogP contribution is 2.25. The molecule has 7 heteroatoms. The van der Waals surface area contributed by atoms with Gasteiger partial charge in [-0.05, 0) is 50.5 Å². The van der Waals surface area contributed by atoms with E-state index in [1.165, 1.54) is 16.7 Å². The fraction of sp³-hybridized carbons (Fsp3) is 0.300. The number of pyridine rings is 1. The van der Waals surface area contributed by atoms with Crippen molar-refractivity contribution < 1.29 is 4.79 Å². The molecule has 3 rings (SSSR count). The molecule has 4 N–H and O–H groups in total. The van der Waals surface area contributed by atoms with Crippen molar-refractivity contribution in [1.82, 2.24) is 9.38 Å². The zero-order chi connectivity index (χ0) is 18.8. The average molecular weight is 388 g/mol. The maximum Gasteiger partial charge on any atom is 0.238 e. The van der Waals surface area contributed by atoms with Gasteiger partial charge in [-0.2, -0.15) is 0 Å². The molecule has 0 bridgehead atoms. The minimum Gasteiger partial charge on any atom is -0.378 e. The Kier molecular flexibility index (Phi) is 6.46. The van der Waals surface area contributed by atoms with E-state index in [0.29, 0.717) is 12.2 Å². The number of benzene rings is 1. The summed E-state index contributed by atoms with van der Waals surface area (Å²) in [5, 5.41) is 6.32. The summed E-state index contributed by atoms with van der Waals surface area (Å²) in [7, 11) is 0. The van der Waals surface area contributed by atoms with Gasteiger partial charge in [-0.1, -0.05) is 18.2 Å². The van der Waals surface area contributed by atoms with Crippen molar-refractivity contribution in [3.8, 4) is 0 Å². The van der Waals surface area contributed by atoms with E-state index in [4.69, 9.17) is 5.73 Å². The standard InChI is InChI=1S/C20H25N5O.ClH/c1-12-6-5-7-13(2)17(12)10-22-18-8-16(24-19(26)9-21)11-25-15(4)14(3)23-20(18)25;/h5-8,11,22H,9-10,21H2,1-4H3,(H,24,26);1H. The second-order valence-electron chi connectivity index (χ2n) is 6.59. The van der Waals surface area contributed by atoms with E-state index in [0.717, 1.165) is 22.7 Å². The molecule has 0 aliphatic heterocycles. The summed E-state index contributed by atoms with van der Waals surface area (Å²) in [6, 6.07) is 8.20. The van der Waals surface area contributed by atoms with E-state index in [2.05, 4.69) is 47.7 Å². The third-order valence-electron chi connectivity index (χ3n) is 4.76. The summed E-state index contributed by atoms with van der Waals surface area (Å²) in [5.41, 5.74) is 13.6. The number of nitrogens with one attached hydrogen (secondary N) is 2. The molecule has 0 saturated carbocycles. The Hall–Kier alpha value is -2.57. The van der Waals surface area contributed by atoms with Gasteiger partial charge in [0.25, 0.3) is 0 Å². The number of nitrogens with two attached hydrogens (primary N) is 1. The molecule has 0 unspecified atom stereocenters. The second kappa shape index (κ2) is 8.41. The maximum atomic E-state index is 11.7. The number of aromatic nitrogens is 2. The van der Waals surface area contributed by atoms with Crippen LogP contribution in [0.25, 0.3) is 5.65 Å². The molecule has 144 valence electrons. The molecule has 27 heavy (non-hydrogen) atoms. The van der Waals surface area contributed by atoms with Crippen LogP contribution in [0.15, 0.2) is 30.5 Å². The van der Waals surface area contributed by atoms with Gasteiger partial charge in [-0.3, -0.25) is 4.79 Å². The third-order valence-corrected chi connectivity index (χ3v) is 4.76. The minimum absolute atomic E-state index is 0. The Morgan fingerprint density at radius 1 is 1.19 bits per heavy atom. The van der Waals surface area contributed by atoms with Crippen molar-refractivity contribution in [1.29, 1.82) is 0 Å². The molecule has 6 nitrogen and oxygen atoms in total. The lowest BCUT2D eigenvalue weighted by Gasteiger charge is -2.14. The van der Waals surface area contributed by atoms with Gasteiger partial charge in [0.1, 0.15) is 0 Å². The summed E-state index contributed by atoms with van der Waals surface area (Å²) in [6.45, 7) is 8.86. The van der Waals surface area contributed by atoms with E-state index in [1.54, 1.807) is 0 Å². The highest BCUT2D eigenvalue weighted by atomic mass is 35.5. The Morgan fingerprint density at radius 2 is 1.85 bits per heavy atom. The van der Waals surface area contributed by atoms with Crippen molar-refractivity contribution in [3.05, 3.63) is 58.5 Å². The fourth-order valence-electron chi connectivity index (χ4n) is 3.09. The number of carbonyl (C=O) groups excluding carboxylic acids is 1. The molecule has 0 spiro atoms. The highest BCUT2D eigenvalue weighted by Gasteiger charge is 2.13. The largest absolute Gasteiger partial charge is 0.378 e. The normalized spacial score (nSPS) is 10.6. The molecule has 1 amide bonds. The van der Waals surface area contributed by atoms with E-state index in [9.17, 15) is 4.79 Å². The molecule has 0 radical (unpaired) electrons. The number of hydrogen-bond donors (Lipinski definition) is 3. The van der Waals surface area contributed by atoms with Gasteiger partial charge in [0, 0.05) is 18.4 Å². The van der Waals surface area contributed by atoms with Crippen molar-refractivity contribution in [2.24, 2.45) is 5.73 Å². The SMILES string of the molecule is Cc1cccc(C)c1CNc1cc(NC(=O)CN)cn2c(C)c(C)nc12.Cl. The molecule has 2 aromatic heterocycles. The number of halogens is 1. The average Bonchev–Trinajstić information content (AvgIpc) is 2.89. The van der Waals surface area contributed by atoms with Crippen LogP contribution in [0.2, 0.25) is 0 Å². The zero-order valence-electron chi connectivity index (χ0n) is 16.1. The molecule has 3 aromatic rings. The van der Waals surface area contributed by atoms with Gasteiger partial charge < -0.3 is 20.8 Å². The molecule has 0 fully saturated rings.